The second-order valence-electron chi connectivity index (χ2n) is 3.34. The molecule has 1 heterocycles. The van der Waals surface area contributed by atoms with Crippen LogP contribution in [0.2, 0.25) is 0 Å². The Morgan fingerprint density at radius 1 is 1.50 bits per heavy atom. The van der Waals surface area contributed by atoms with Gasteiger partial charge in [-0.25, -0.2) is 13.1 Å². The molecule has 0 radical (unpaired) electrons. The summed E-state index contributed by atoms with van der Waals surface area (Å²) in [5.74, 6) is -0.964. The minimum atomic E-state index is -3.68. The van der Waals surface area contributed by atoms with E-state index in [1.807, 2.05) is 4.72 Å². The van der Waals surface area contributed by atoms with Crippen molar-refractivity contribution in [3.05, 3.63) is 28.5 Å². The average Bonchev–Trinajstić information content (AvgIpc) is 2.28. The Labute approximate surface area is 114 Å². The topological polar surface area (TPSA) is 85.4 Å². The molecule has 1 N–H and O–H groups in total. The first-order chi connectivity index (χ1) is 8.44. The molecule has 6 nitrogen and oxygen atoms in total. The van der Waals surface area contributed by atoms with Gasteiger partial charge < -0.3 is 4.74 Å². The van der Waals surface area contributed by atoms with E-state index in [9.17, 15) is 13.2 Å². The summed E-state index contributed by atoms with van der Waals surface area (Å²) in [7, 11) is -3.68. The third-order valence-electron chi connectivity index (χ3n) is 1.92. The Bertz CT molecular complexity index is 518. The predicted molar refractivity (Wildman–Crippen MR) is 69.7 cm³/mol. The normalized spacial score (nSPS) is 11.2. The largest absolute Gasteiger partial charge is 0.381 e. The van der Waals surface area contributed by atoms with Gasteiger partial charge in [0.2, 0.25) is 10.0 Å². The van der Waals surface area contributed by atoms with Gasteiger partial charge in [-0.05, 0) is 28.9 Å². The Hall–Kier alpha value is -0.990. The zero-order chi connectivity index (χ0) is 13.6. The zero-order valence-electron chi connectivity index (χ0n) is 9.72. The van der Waals surface area contributed by atoms with Crippen LogP contribution < -0.4 is 4.72 Å². The number of ether oxygens (including phenoxy) is 1. The van der Waals surface area contributed by atoms with Crippen LogP contribution in [0.15, 0.2) is 22.9 Å². The lowest BCUT2D eigenvalue weighted by molar-refractivity contribution is 0.0980. The van der Waals surface area contributed by atoms with E-state index in [1.165, 1.54) is 18.5 Å². The van der Waals surface area contributed by atoms with Crippen LogP contribution in [-0.4, -0.2) is 38.3 Å². The molecule has 0 saturated carbocycles. The van der Waals surface area contributed by atoms with Gasteiger partial charge in [0.05, 0.1) is 17.9 Å². The van der Waals surface area contributed by atoms with Crippen LogP contribution >= 0.6 is 15.9 Å². The molecule has 0 aliphatic carbocycles. The number of nitrogens with one attached hydrogen (secondary N) is 1. The van der Waals surface area contributed by atoms with E-state index >= 15 is 0 Å². The lowest BCUT2D eigenvalue weighted by Crippen LogP contribution is -2.33. The molecule has 18 heavy (non-hydrogen) atoms. The number of hydrogen-bond donors (Lipinski definition) is 1. The molecule has 0 saturated heterocycles. The molecule has 100 valence electrons. The molecule has 1 aromatic rings. The minimum Gasteiger partial charge on any atom is -0.381 e. The summed E-state index contributed by atoms with van der Waals surface area (Å²) in [6.45, 7) is 2.24. The zero-order valence-corrected chi connectivity index (χ0v) is 12.1. The lowest BCUT2D eigenvalue weighted by Gasteiger charge is -2.06. The van der Waals surface area contributed by atoms with Crippen molar-refractivity contribution in [3.8, 4) is 0 Å². The first kappa shape index (κ1) is 15.1. The summed E-state index contributed by atoms with van der Waals surface area (Å²) in [6, 6.07) is 1.49. The first-order valence-corrected chi connectivity index (χ1v) is 7.62. The summed E-state index contributed by atoms with van der Waals surface area (Å²) in [5.41, 5.74) is 0.171. The fourth-order valence-electron chi connectivity index (χ4n) is 1.10. The smallest absolute Gasteiger partial charge is 0.266 e. The van der Waals surface area contributed by atoms with Gasteiger partial charge in [0.1, 0.15) is 0 Å². The molecule has 0 unspecified atom stereocenters. The van der Waals surface area contributed by atoms with Crippen LogP contribution in [-0.2, 0) is 14.8 Å². The summed E-state index contributed by atoms with van der Waals surface area (Å²) < 4.78 is 30.5. The van der Waals surface area contributed by atoms with Gasteiger partial charge in [-0.2, -0.15) is 0 Å². The van der Waals surface area contributed by atoms with Gasteiger partial charge >= 0.3 is 0 Å². The van der Waals surface area contributed by atoms with E-state index in [-0.39, 0.29) is 17.9 Å². The maximum atomic E-state index is 11.7. The molecule has 0 bridgehead atoms. The maximum Gasteiger partial charge on any atom is 0.266 e. The van der Waals surface area contributed by atoms with Gasteiger partial charge in [0.15, 0.2) is 0 Å². The quantitative estimate of drug-likeness (QED) is 0.781. The van der Waals surface area contributed by atoms with Crippen molar-refractivity contribution in [1.29, 1.82) is 0 Å². The first-order valence-electron chi connectivity index (χ1n) is 5.17. The minimum absolute atomic E-state index is 0.0514. The number of pyridine rings is 1. The number of sulfonamides is 1. The van der Waals surface area contributed by atoms with Gasteiger partial charge in [0.25, 0.3) is 5.91 Å². The highest BCUT2D eigenvalue weighted by Gasteiger charge is 2.16. The number of carbonyl (C=O) groups is 1. The van der Waals surface area contributed by atoms with Crippen LogP contribution in [0.3, 0.4) is 0 Å². The Kier molecular flexibility index (Phi) is 5.70. The van der Waals surface area contributed by atoms with Gasteiger partial charge in [-0.3, -0.25) is 9.78 Å². The SMILES string of the molecule is CCOCCS(=O)(=O)NC(=O)c1cncc(Br)c1. The van der Waals surface area contributed by atoms with E-state index in [4.69, 9.17) is 4.74 Å². The molecule has 1 aromatic heterocycles. The standard InChI is InChI=1S/C10H13BrN2O4S/c1-2-17-3-4-18(15,16)13-10(14)8-5-9(11)7-12-6-8/h5-7H,2-4H2,1H3,(H,13,14). The van der Waals surface area contributed by atoms with E-state index in [0.29, 0.717) is 11.1 Å². The number of aromatic nitrogens is 1. The van der Waals surface area contributed by atoms with E-state index in [0.717, 1.165) is 0 Å². The number of nitrogens with zero attached hydrogens (tertiary/aromatic N) is 1. The van der Waals surface area contributed by atoms with Crippen molar-refractivity contribution in [2.24, 2.45) is 0 Å². The number of carbonyl (C=O) groups excluding carboxylic acids is 1. The number of amides is 1. The molecule has 1 rings (SSSR count). The Balaban J connectivity index is 2.64. The van der Waals surface area contributed by atoms with E-state index in [2.05, 4.69) is 20.9 Å². The van der Waals surface area contributed by atoms with Crippen LogP contribution in [0.25, 0.3) is 0 Å². The molecule has 0 fully saturated rings. The Morgan fingerprint density at radius 2 is 2.22 bits per heavy atom. The fraction of sp³-hybridized carbons (Fsp3) is 0.400. The molecule has 0 aliphatic heterocycles. The van der Waals surface area contributed by atoms with E-state index in [1.54, 1.807) is 6.92 Å². The van der Waals surface area contributed by atoms with Crippen molar-refractivity contribution in [2.45, 2.75) is 6.92 Å². The van der Waals surface area contributed by atoms with Crippen molar-refractivity contribution in [1.82, 2.24) is 9.71 Å². The highest BCUT2D eigenvalue weighted by Crippen LogP contribution is 2.09. The summed E-state index contributed by atoms with van der Waals surface area (Å²) in [6.07, 6.45) is 2.79. The predicted octanol–water partition coefficient (Wildman–Crippen LogP) is 0.940. The molecule has 0 atom stereocenters. The molecular formula is C10H13BrN2O4S. The summed E-state index contributed by atoms with van der Waals surface area (Å²) in [4.78, 5) is 15.4. The fourth-order valence-corrected chi connectivity index (χ4v) is 2.30. The van der Waals surface area contributed by atoms with Crippen molar-refractivity contribution < 1.29 is 17.9 Å². The van der Waals surface area contributed by atoms with E-state index < -0.39 is 15.9 Å². The van der Waals surface area contributed by atoms with Gasteiger partial charge in [-0.15, -0.1) is 0 Å². The Morgan fingerprint density at radius 3 is 2.83 bits per heavy atom. The molecule has 0 aliphatic rings. The van der Waals surface area contributed by atoms with Crippen LogP contribution in [0.5, 0.6) is 0 Å². The summed E-state index contributed by atoms with van der Waals surface area (Å²) >= 11 is 3.15. The highest BCUT2D eigenvalue weighted by atomic mass is 79.9. The van der Waals surface area contributed by atoms with Crippen LogP contribution in [0.4, 0.5) is 0 Å². The second-order valence-corrected chi connectivity index (χ2v) is 6.10. The highest BCUT2D eigenvalue weighted by molar-refractivity contribution is 9.10. The van der Waals surface area contributed by atoms with Crippen LogP contribution in [0.1, 0.15) is 17.3 Å². The number of halogens is 1. The van der Waals surface area contributed by atoms with Crippen molar-refractivity contribution >= 4 is 31.9 Å². The molecule has 0 spiro atoms. The molecule has 1 amide bonds. The molecule has 0 aromatic carbocycles. The number of hydrogen-bond acceptors (Lipinski definition) is 5. The van der Waals surface area contributed by atoms with Crippen LogP contribution in [0, 0.1) is 0 Å². The van der Waals surface area contributed by atoms with Gasteiger partial charge in [0, 0.05) is 23.5 Å². The lowest BCUT2D eigenvalue weighted by atomic mass is 10.3. The maximum absolute atomic E-state index is 11.7. The van der Waals surface area contributed by atoms with Crippen molar-refractivity contribution in [3.63, 3.8) is 0 Å². The molecular weight excluding hydrogens is 324 g/mol. The van der Waals surface area contributed by atoms with Gasteiger partial charge in [-0.1, -0.05) is 0 Å². The number of rotatable bonds is 6. The summed E-state index contributed by atoms with van der Waals surface area (Å²) in [5, 5.41) is 0. The second kappa shape index (κ2) is 6.81. The third-order valence-corrected chi connectivity index (χ3v) is 3.55. The third kappa shape index (κ3) is 5.11. The molecule has 8 heteroatoms. The van der Waals surface area contributed by atoms with Crippen molar-refractivity contribution in [2.75, 3.05) is 19.0 Å². The average molecular weight is 337 g/mol. The monoisotopic (exact) mass is 336 g/mol.